The molecular weight excluding hydrogens is 196 g/mol. The van der Waals surface area contributed by atoms with Gasteiger partial charge in [0.1, 0.15) is 5.69 Å². The van der Waals surface area contributed by atoms with Gasteiger partial charge in [-0.15, -0.1) is 0 Å². The first kappa shape index (κ1) is 8.66. The highest BCUT2D eigenvalue weighted by Crippen LogP contribution is 2.23. The minimum absolute atomic E-state index is 0.430. The molecule has 14 heavy (non-hydrogen) atoms. The van der Waals surface area contributed by atoms with Crippen molar-refractivity contribution < 1.29 is 0 Å². The van der Waals surface area contributed by atoms with E-state index in [-0.39, 0.29) is 0 Å². The van der Waals surface area contributed by atoms with Crippen molar-refractivity contribution in [2.24, 2.45) is 0 Å². The number of anilines is 1. The molecule has 1 heterocycles. The minimum atomic E-state index is 0.430. The number of benzene rings is 1. The highest BCUT2D eigenvalue weighted by atomic mass is 32.1. The quantitative estimate of drug-likeness (QED) is 0.763. The molecule has 68 valence electrons. The summed E-state index contributed by atoms with van der Waals surface area (Å²) in [6.07, 6.45) is 0. The van der Waals surface area contributed by atoms with Crippen LogP contribution in [0, 0.1) is 11.3 Å². The number of hydrogen-bond donors (Lipinski definition) is 1. The molecule has 5 heteroatoms. The normalized spacial score (nSPS) is 9.64. The van der Waals surface area contributed by atoms with Crippen LogP contribution in [0.3, 0.4) is 0 Å². The second-order valence-electron chi connectivity index (χ2n) is 2.69. The smallest absolute Gasteiger partial charge is 0.165 e. The van der Waals surface area contributed by atoms with Gasteiger partial charge in [0.05, 0.1) is 23.4 Å². The van der Waals surface area contributed by atoms with Crippen molar-refractivity contribution in [3.8, 4) is 17.3 Å². The highest BCUT2D eigenvalue weighted by molar-refractivity contribution is 6.99. The van der Waals surface area contributed by atoms with E-state index >= 15 is 0 Å². The fourth-order valence-electron chi connectivity index (χ4n) is 1.10. The monoisotopic (exact) mass is 202 g/mol. The van der Waals surface area contributed by atoms with Crippen molar-refractivity contribution >= 4 is 17.5 Å². The van der Waals surface area contributed by atoms with Gasteiger partial charge in [0.15, 0.2) is 5.82 Å². The number of nitriles is 1. The first-order valence-corrected chi connectivity index (χ1v) is 4.63. The van der Waals surface area contributed by atoms with E-state index < -0.39 is 0 Å². The molecule has 1 aromatic carbocycles. The SMILES string of the molecule is N#Cc1ccc(-c2nsnc2N)cc1. The van der Waals surface area contributed by atoms with E-state index in [1.807, 2.05) is 18.2 Å². The van der Waals surface area contributed by atoms with Crippen molar-refractivity contribution in [3.05, 3.63) is 29.8 Å². The summed E-state index contributed by atoms with van der Waals surface area (Å²) < 4.78 is 7.94. The molecular formula is C9H6N4S. The van der Waals surface area contributed by atoms with Gasteiger partial charge in [0.25, 0.3) is 0 Å². The first-order valence-electron chi connectivity index (χ1n) is 3.90. The van der Waals surface area contributed by atoms with Gasteiger partial charge >= 0.3 is 0 Å². The molecule has 2 N–H and O–H groups in total. The Balaban J connectivity index is 2.45. The molecule has 0 atom stereocenters. The average Bonchev–Trinajstić information content (AvgIpc) is 2.65. The van der Waals surface area contributed by atoms with Crippen LogP contribution >= 0.6 is 11.7 Å². The third-order valence-electron chi connectivity index (χ3n) is 1.80. The maximum absolute atomic E-state index is 8.61. The van der Waals surface area contributed by atoms with Gasteiger partial charge in [0, 0.05) is 5.56 Å². The number of rotatable bonds is 1. The van der Waals surface area contributed by atoms with Crippen LogP contribution in [0.2, 0.25) is 0 Å². The van der Waals surface area contributed by atoms with Crippen LogP contribution in [0.4, 0.5) is 5.82 Å². The zero-order chi connectivity index (χ0) is 9.97. The van der Waals surface area contributed by atoms with Gasteiger partial charge < -0.3 is 5.73 Å². The topological polar surface area (TPSA) is 75.6 Å². The maximum Gasteiger partial charge on any atom is 0.165 e. The zero-order valence-electron chi connectivity index (χ0n) is 7.14. The van der Waals surface area contributed by atoms with Gasteiger partial charge in [-0.05, 0) is 12.1 Å². The molecule has 0 unspecified atom stereocenters. The molecule has 0 saturated heterocycles. The lowest BCUT2D eigenvalue weighted by Gasteiger charge is -1.96. The summed E-state index contributed by atoms with van der Waals surface area (Å²) >= 11 is 1.08. The van der Waals surface area contributed by atoms with Crippen LogP contribution in [-0.2, 0) is 0 Å². The number of nitrogens with two attached hydrogens (primary N) is 1. The molecule has 2 aromatic rings. The van der Waals surface area contributed by atoms with Crippen molar-refractivity contribution in [2.75, 3.05) is 5.73 Å². The molecule has 0 radical (unpaired) electrons. The van der Waals surface area contributed by atoms with Crippen LogP contribution in [0.5, 0.6) is 0 Å². The summed E-state index contributed by atoms with van der Waals surface area (Å²) in [6, 6.07) is 9.13. The third kappa shape index (κ3) is 1.43. The lowest BCUT2D eigenvalue weighted by atomic mass is 10.1. The Morgan fingerprint density at radius 3 is 2.43 bits per heavy atom. The maximum atomic E-state index is 8.61. The van der Waals surface area contributed by atoms with Gasteiger partial charge in [0.2, 0.25) is 0 Å². The van der Waals surface area contributed by atoms with Crippen molar-refractivity contribution in [1.29, 1.82) is 5.26 Å². The van der Waals surface area contributed by atoms with Crippen LogP contribution in [0.15, 0.2) is 24.3 Å². The van der Waals surface area contributed by atoms with Gasteiger partial charge in [-0.1, -0.05) is 12.1 Å². The lowest BCUT2D eigenvalue weighted by Crippen LogP contribution is -1.88. The van der Waals surface area contributed by atoms with E-state index in [0.717, 1.165) is 17.3 Å². The largest absolute Gasteiger partial charge is 0.381 e. The third-order valence-corrected chi connectivity index (χ3v) is 2.34. The van der Waals surface area contributed by atoms with Crippen LogP contribution in [0.1, 0.15) is 5.56 Å². The predicted molar refractivity (Wildman–Crippen MR) is 54.5 cm³/mol. The molecule has 0 fully saturated rings. The van der Waals surface area contributed by atoms with Crippen molar-refractivity contribution in [1.82, 2.24) is 8.75 Å². The summed E-state index contributed by atoms with van der Waals surface area (Å²) in [5, 5.41) is 8.61. The second-order valence-corrected chi connectivity index (χ2v) is 3.22. The summed E-state index contributed by atoms with van der Waals surface area (Å²) in [7, 11) is 0. The van der Waals surface area contributed by atoms with E-state index in [9.17, 15) is 0 Å². The Labute approximate surface area is 84.9 Å². The Bertz CT molecular complexity index is 480. The standard InChI is InChI=1S/C9H6N4S/c10-5-6-1-3-7(4-2-6)8-9(11)13-14-12-8/h1-4H,(H2,11,13). The number of nitrogens with zero attached hydrogens (tertiary/aromatic N) is 3. The number of hydrogen-bond acceptors (Lipinski definition) is 5. The fraction of sp³-hybridized carbons (Fsp3) is 0. The van der Waals surface area contributed by atoms with Crippen molar-refractivity contribution in [2.45, 2.75) is 0 Å². The molecule has 4 nitrogen and oxygen atoms in total. The summed E-state index contributed by atoms with van der Waals surface area (Å²) in [4.78, 5) is 0. The number of aromatic nitrogens is 2. The highest BCUT2D eigenvalue weighted by Gasteiger charge is 2.06. The van der Waals surface area contributed by atoms with Crippen LogP contribution in [0.25, 0.3) is 11.3 Å². The van der Waals surface area contributed by atoms with E-state index in [1.54, 1.807) is 12.1 Å². The summed E-state index contributed by atoms with van der Waals surface area (Å²) in [6.45, 7) is 0. The van der Waals surface area contributed by atoms with E-state index in [2.05, 4.69) is 8.75 Å². The molecule has 0 aliphatic rings. The Morgan fingerprint density at radius 2 is 1.93 bits per heavy atom. The van der Waals surface area contributed by atoms with E-state index in [4.69, 9.17) is 11.0 Å². The molecule has 1 aromatic heterocycles. The van der Waals surface area contributed by atoms with Crippen LogP contribution < -0.4 is 5.73 Å². The van der Waals surface area contributed by atoms with E-state index in [0.29, 0.717) is 17.1 Å². The molecule has 0 aliphatic heterocycles. The van der Waals surface area contributed by atoms with Gasteiger partial charge in [-0.3, -0.25) is 0 Å². The molecule has 0 bridgehead atoms. The molecule has 0 aliphatic carbocycles. The molecule has 0 amide bonds. The minimum Gasteiger partial charge on any atom is -0.381 e. The Morgan fingerprint density at radius 1 is 1.21 bits per heavy atom. The summed E-state index contributed by atoms with van der Waals surface area (Å²) in [5.74, 6) is 0.430. The molecule has 0 saturated carbocycles. The Hall–Kier alpha value is -1.93. The average molecular weight is 202 g/mol. The van der Waals surface area contributed by atoms with Gasteiger partial charge in [-0.25, -0.2) is 0 Å². The first-order chi connectivity index (χ1) is 6.81. The second kappa shape index (κ2) is 3.44. The van der Waals surface area contributed by atoms with Gasteiger partial charge in [-0.2, -0.15) is 14.0 Å². The Kier molecular flexibility index (Phi) is 2.13. The fourth-order valence-corrected chi connectivity index (χ4v) is 1.59. The number of nitrogen functional groups attached to an aromatic ring is 1. The summed E-state index contributed by atoms with van der Waals surface area (Å²) in [5.41, 5.74) is 7.80. The van der Waals surface area contributed by atoms with Crippen molar-refractivity contribution in [3.63, 3.8) is 0 Å². The predicted octanol–water partition coefficient (Wildman–Crippen LogP) is 1.66. The molecule has 0 spiro atoms. The van der Waals surface area contributed by atoms with E-state index in [1.165, 1.54) is 0 Å². The molecule has 2 rings (SSSR count). The lowest BCUT2D eigenvalue weighted by molar-refractivity contribution is 1.46. The van der Waals surface area contributed by atoms with Crippen LogP contribution in [-0.4, -0.2) is 8.75 Å². The zero-order valence-corrected chi connectivity index (χ0v) is 7.95.